The van der Waals surface area contributed by atoms with Crippen LogP contribution in [0.4, 0.5) is 4.79 Å². The van der Waals surface area contributed by atoms with Gasteiger partial charge in [-0.05, 0) is 33.1 Å². The monoisotopic (exact) mass is 485 g/mol. The molecule has 1 aromatic carbocycles. The van der Waals surface area contributed by atoms with Crippen molar-refractivity contribution in [3.05, 3.63) is 41.7 Å². The van der Waals surface area contributed by atoms with E-state index in [9.17, 15) is 14.4 Å². The second-order valence-electron chi connectivity index (χ2n) is 10.6. The van der Waals surface area contributed by atoms with Gasteiger partial charge in [0.25, 0.3) is 0 Å². The van der Waals surface area contributed by atoms with Crippen LogP contribution < -0.4 is 10.6 Å². The first-order valence-electron chi connectivity index (χ1n) is 11.8. The lowest BCUT2D eigenvalue weighted by molar-refractivity contribution is -0.127. The Bertz CT molecular complexity index is 1020. The molecule has 2 aromatic rings. The van der Waals surface area contributed by atoms with Crippen LogP contribution in [0, 0.1) is 12.3 Å². The second-order valence-corrected chi connectivity index (χ2v) is 10.6. The van der Waals surface area contributed by atoms with Crippen LogP contribution in [0.5, 0.6) is 0 Å². The zero-order valence-electron chi connectivity index (χ0n) is 22.1. The van der Waals surface area contributed by atoms with Crippen molar-refractivity contribution in [2.75, 3.05) is 13.6 Å². The van der Waals surface area contributed by atoms with Gasteiger partial charge in [0.15, 0.2) is 0 Å². The maximum Gasteiger partial charge on any atom is 0.410 e. The molecule has 1 atom stereocenters. The van der Waals surface area contributed by atoms with E-state index in [1.165, 1.54) is 0 Å². The highest BCUT2D eigenvalue weighted by Gasteiger charge is 2.30. The molecule has 1 unspecified atom stereocenters. The summed E-state index contributed by atoms with van der Waals surface area (Å²) < 4.78 is 7.69. The van der Waals surface area contributed by atoms with Gasteiger partial charge < -0.3 is 24.8 Å². The standard InChI is InChI=1S/C18H23N3O2.C8H16N2O2/c1-13-15-12-20(17(22)23-18(2,3)4)10-11-21(15)16(19-13)14-8-6-5-7-9-14;1-8(2,3)6(10-5-11)7(12)9-4/h5-9H,10-12H2,1-4H3;5-6H,1-4H3,(H,9,12)(H,10,11). The number of imidazole rings is 1. The number of hydrogen-bond donors (Lipinski definition) is 2. The van der Waals surface area contributed by atoms with Crippen LogP contribution in [0.2, 0.25) is 0 Å². The summed E-state index contributed by atoms with van der Waals surface area (Å²) >= 11 is 0. The molecule has 1 aliphatic rings. The minimum Gasteiger partial charge on any atom is -0.444 e. The number of hydrogen-bond acceptors (Lipinski definition) is 5. The predicted molar refractivity (Wildman–Crippen MR) is 136 cm³/mol. The van der Waals surface area contributed by atoms with Gasteiger partial charge in [-0.2, -0.15) is 0 Å². The summed E-state index contributed by atoms with van der Waals surface area (Å²) in [6.07, 6.45) is 0.288. The molecule has 2 N–H and O–H groups in total. The maximum absolute atomic E-state index is 12.3. The lowest BCUT2D eigenvalue weighted by Gasteiger charge is -2.31. The number of aromatic nitrogens is 2. The van der Waals surface area contributed by atoms with Crippen molar-refractivity contribution in [1.82, 2.24) is 25.1 Å². The third kappa shape index (κ3) is 7.56. The molecular weight excluding hydrogens is 446 g/mol. The zero-order chi connectivity index (χ0) is 26.4. The van der Waals surface area contributed by atoms with Crippen molar-refractivity contribution in [3.8, 4) is 11.4 Å². The molecule has 0 radical (unpaired) electrons. The Morgan fingerprint density at radius 3 is 2.23 bits per heavy atom. The fraction of sp³-hybridized carbons (Fsp3) is 0.538. The Balaban J connectivity index is 0.000000307. The SMILES string of the molecule is CNC(=O)C(NC=O)C(C)(C)C.Cc1nc(-c2ccccc2)n2c1CN(C(=O)OC(C)(C)C)CC2. The van der Waals surface area contributed by atoms with Crippen molar-refractivity contribution in [1.29, 1.82) is 0 Å². The summed E-state index contributed by atoms with van der Waals surface area (Å²) in [6.45, 7) is 15.2. The highest BCUT2D eigenvalue weighted by Crippen LogP contribution is 2.26. The normalized spacial score (nSPS) is 14.1. The number of benzene rings is 1. The fourth-order valence-electron chi connectivity index (χ4n) is 3.75. The van der Waals surface area contributed by atoms with E-state index in [0.717, 1.165) is 29.3 Å². The molecule has 9 nitrogen and oxygen atoms in total. The number of ether oxygens (including phenoxy) is 1. The van der Waals surface area contributed by atoms with E-state index in [4.69, 9.17) is 9.72 Å². The molecule has 2 heterocycles. The molecule has 3 rings (SSSR count). The van der Waals surface area contributed by atoms with E-state index < -0.39 is 11.6 Å². The van der Waals surface area contributed by atoms with Crippen LogP contribution >= 0.6 is 0 Å². The largest absolute Gasteiger partial charge is 0.444 e. The van der Waals surface area contributed by atoms with Crippen molar-refractivity contribution < 1.29 is 19.1 Å². The van der Waals surface area contributed by atoms with Crippen molar-refractivity contribution >= 4 is 18.4 Å². The average Bonchev–Trinajstić information content (AvgIpc) is 3.12. The third-order valence-corrected chi connectivity index (χ3v) is 5.50. The van der Waals surface area contributed by atoms with E-state index in [1.807, 2.05) is 66.7 Å². The lowest BCUT2D eigenvalue weighted by Crippen LogP contribution is -2.50. The number of amides is 3. The summed E-state index contributed by atoms with van der Waals surface area (Å²) in [5.74, 6) is 0.802. The minimum absolute atomic E-state index is 0.172. The first-order chi connectivity index (χ1) is 16.3. The Hall–Kier alpha value is -3.36. The smallest absolute Gasteiger partial charge is 0.410 e. The van der Waals surface area contributed by atoms with Gasteiger partial charge in [-0.1, -0.05) is 51.1 Å². The van der Waals surface area contributed by atoms with E-state index in [2.05, 4.69) is 27.3 Å². The van der Waals surface area contributed by atoms with E-state index in [0.29, 0.717) is 19.5 Å². The van der Waals surface area contributed by atoms with E-state index in [-0.39, 0.29) is 17.4 Å². The van der Waals surface area contributed by atoms with Gasteiger partial charge in [0.1, 0.15) is 17.5 Å². The highest BCUT2D eigenvalue weighted by molar-refractivity contribution is 5.84. The first-order valence-corrected chi connectivity index (χ1v) is 11.8. The van der Waals surface area contributed by atoms with Crippen molar-refractivity contribution in [2.45, 2.75) is 73.2 Å². The van der Waals surface area contributed by atoms with Crippen LogP contribution in [0.15, 0.2) is 30.3 Å². The average molecular weight is 486 g/mol. The molecule has 0 saturated carbocycles. The molecule has 1 aliphatic heterocycles. The van der Waals surface area contributed by atoms with Gasteiger partial charge in [0.2, 0.25) is 12.3 Å². The number of carbonyl (C=O) groups excluding carboxylic acids is 3. The summed E-state index contributed by atoms with van der Waals surface area (Å²) in [5, 5.41) is 4.98. The molecule has 0 fully saturated rings. The second kappa shape index (κ2) is 11.4. The first kappa shape index (κ1) is 27.9. The number of nitrogens with one attached hydrogen (secondary N) is 2. The summed E-state index contributed by atoms with van der Waals surface area (Å²) in [5.41, 5.74) is 2.42. The number of rotatable bonds is 4. The molecule has 0 saturated heterocycles. The minimum atomic E-state index is -0.473. The molecule has 3 amide bonds. The molecule has 0 spiro atoms. The molecule has 0 aliphatic carbocycles. The van der Waals surface area contributed by atoms with Crippen LogP contribution in [-0.4, -0.2) is 58.1 Å². The summed E-state index contributed by atoms with van der Waals surface area (Å²) in [6, 6.07) is 9.69. The number of fused-ring (bicyclic) bond motifs is 1. The summed E-state index contributed by atoms with van der Waals surface area (Å²) in [7, 11) is 1.55. The Labute approximate surface area is 208 Å². The quantitative estimate of drug-likeness (QED) is 0.645. The lowest BCUT2D eigenvalue weighted by atomic mass is 9.86. The van der Waals surface area contributed by atoms with E-state index >= 15 is 0 Å². The molecule has 35 heavy (non-hydrogen) atoms. The molecule has 1 aromatic heterocycles. The zero-order valence-corrected chi connectivity index (χ0v) is 22.1. The molecule has 0 bridgehead atoms. The van der Waals surface area contributed by atoms with Gasteiger partial charge in [0.05, 0.1) is 17.9 Å². The molecular formula is C26H39N5O4. The van der Waals surface area contributed by atoms with Crippen LogP contribution in [0.3, 0.4) is 0 Å². The number of nitrogens with zero attached hydrogens (tertiary/aromatic N) is 3. The topological polar surface area (TPSA) is 106 Å². The summed E-state index contributed by atoms with van der Waals surface area (Å²) in [4.78, 5) is 40.2. The van der Waals surface area contributed by atoms with E-state index in [1.54, 1.807) is 11.9 Å². The molecule has 192 valence electrons. The number of aryl methyl sites for hydroxylation is 1. The Morgan fingerprint density at radius 1 is 1.09 bits per heavy atom. The maximum atomic E-state index is 12.3. The van der Waals surface area contributed by atoms with Crippen LogP contribution in [-0.2, 0) is 27.4 Å². The van der Waals surface area contributed by atoms with Crippen molar-refractivity contribution in [3.63, 3.8) is 0 Å². The van der Waals surface area contributed by atoms with Crippen molar-refractivity contribution in [2.24, 2.45) is 5.41 Å². The Morgan fingerprint density at radius 2 is 1.71 bits per heavy atom. The van der Waals surface area contributed by atoms with Gasteiger partial charge >= 0.3 is 6.09 Å². The number of carbonyl (C=O) groups is 3. The van der Waals surface area contributed by atoms with Gasteiger partial charge in [-0.15, -0.1) is 0 Å². The fourth-order valence-corrected chi connectivity index (χ4v) is 3.75. The van der Waals surface area contributed by atoms with Gasteiger partial charge in [-0.25, -0.2) is 9.78 Å². The highest BCUT2D eigenvalue weighted by atomic mass is 16.6. The molecule has 9 heteroatoms. The number of likely N-dealkylation sites (N-methyl/N-ethyl adjacent to an activating group) is 1. The Kier molecular flexibility index (Phi) is 9.06. The third-order valence-electron chi connectivity index (χ3n) is 5.50. The van der Waals surface area contributed by atoms with Crippen LogP contribution in [0.1, 0.15) is 52.9 Å². The van der Waals surface area contributed by atoms with Gasteiger partial charge in [-0.3, -0.25) is 9.59 Å². The van der Waals surface area contributed by atoms with Crippen LogP contribution in [0.25, 0.3) is 11.4 Å². The van der Waals surface area contributed by atoms with Gasteiger partial charge in [0, 0.05) is 25.7 Å². The predicted octanol–water partition coefficient (Wildman–Crippen LogP) is 3.50.